The van der Waals surface area contributed by atoms with Gasteiger partial charge in [0.15, 0.2) is 6.61 Å². The van der Waals surface area contributed by atoms with E-state index in [1.165, 1.54) is 11.1 Å². The number of hydrogen-bond donors (Lipinski definition) is 1. The van der Waals surface area contributed by atoms with Crippen LogP contribution in [0.15, 0.2) is 48.5 Å². The third kappa shape index (κ3) is 4.12. The standard InChI is InChI=1S/C17H19NO2/c1-13-7-9-16(10-8-13)20-12-17(19)18-11-15-6-4-3-5-14(15)2/h3-10H,11-12H2,1-2H3,(H,18,19). The van der Waals surface area contributed by atoms with Crippen molar-refractivity contribution in [2.45, 2.75) is 20.4 Å². The fourth-order valence-corrected chi connectivity index (χ4v) is 1.84. The zero-order chi connectivity index (χ0) is 14.4. The van der Waals surface area contributed by atoms with Crippen LogP contribution in [-0.4, -0.2) is 12.5 Å². The highest BCUT2D eigenvalue weighted by Gasteiger charge is 2.04. The van der Waals surface area contributed by atoms with Crippen molar-refractivity contribution in [3.05, 3.63) is 65.2 Å². The van der Waals surface area contributed by atoms with Gasteiger partial charge in [0.2, 0.25) is 0 Å². The zero-order valence-electron chi connectivity index (χ0n) is 11.8. The maximum absolute atomic E-state index is 11.7. The summed E-state index contributed by atoms with van der Waals surface area (Å²) in [5.41, 5.74) is 3.46. The molecule has 1 amide bonds. The van der Waals surface area contributed by atoms with E-state index in [2.05, 4.69) is 5.32 Å². The van der Waals surface area contributed by atoms with Gasteiger partial charge in [0, 0.05) is 6.54 Å². The van der Waals surface area contributed by atoms with Gasteiger partial charge in [-0.3, -0.25) is 4.79 Å². The molecule has 0 unspecified atom stereocenters. The van der Waals surface area contributed by atoms with Crippen LogP contribution in [0.25, 0.3) is 0 Å². The molecule has 2 aromatic carbocycles. The Labute approximate surface area is 119 Å². The minimum atomic E-state index is -0.117. The Morgan fingerprint density at radius 3 is 2.45 bits per heavy atom. The molecule has 0 atom stereocenters. The van der Waals surface area contributed by atoms with E-state index >= 15 is 0 Å². The van der Waals surface area contributed by atoms with E-state index in [-0.39, 0.29) is 12.5 Å². The average Bonchev–Trinajstić information content (AvgIpc) is 2.46. The summed E-state index contributed by atoms with van der Waals surface area (Å²) in [6.07, 6.45) is 0. The Hall–Kier alpha value is -2.29. The number of aryl methyl sites for hydroxylation is 2. The van der Waals surface area contributed by atoms with Crippen molar-refractivity contribution >= 4 is 5.91 Å². The van der Waals surface area contributed by atoms with Gasteiger partial charge < -0.3 is 10.1 Å². The first-order valence-corrected chi connectivity index (χ1v) is 6.66. The number of rotatable bonds is 5. The summed E-state index contributed by atoms with van der Waals surface area (Å²) in [6.45, 7) is 4.61. The van der Waals surface area contributed by atoms with Gasteiger partial charge in [-0.2, -0.15) is 0 Å². The highest BCUT2D eigenvalue weighted by molar-refractivity contribution is 5.77. The van der Waals surface area contributed by atoms with Crippen molar-refractivity contribution in [3.63, 3.8) is 0 Å². The van der Waals surface area contributed by atoms with Crippen LogP contribution in [-0.2, 0) is 11.3 Å². The van der Waals surface area contributed by atoms with E-state index in [0.717, 1.165) is 5.56 Å². The Bertz CT molecular complexity index is 576. The maximum atomic E-state index is 11.7. The molecule has 1 N–H and O–H groups in total. The summed E-state index contributed by atoms with van der Waals surface area (Å²) < 4.78 is 5.43. The quantitative estimate of drug-likeness (QED) is 0.906. The molecule has 2 aromatic rings. The first-order chi connectivity index (χ1) is 9.65. The van der Waals surface area contributed by atoms with Crippen molar-refractivity contribution in [1.29, 1.82) is 0 Å². The summed E-state index contributed by atoms with van der Waals surface area (Å²) in [5, 5.41) is 2.86. The molecular weight excluding hydrogens is 250 g/mol. The maximum Gasteiger partial charge on any atom is 0.258 e. The van der Waals surface area contributed by atoms with Gasteiger partial charge in [-0.05, 0) is 37.1 Å². The summed E-state index contributed by atoms with van der Waals surface area (Å²) in [5.74, 6) is 0.593. The first kappa shape index (κ1) is 14.1. The number of carbonyl (C=O) groups is 1. The zero-order valence-corrected chi connectivity index (χ0v) is 11.8. The van der Waals surface area contributed by atoms with Crippen molar-refractivity contribution in [1.82, 2.24) is 5.32 Å². The highest BCUT2D eigenvalue weighted by Crippen LogP contribution is 2.11. The lowest BCUT2D eigenvalue weighted by atomic mass is 10.1. The van der Waals surface area contributed by atoms with E-state index in [1.807, 2.05) is 62.4 Å². The van der Waals surface area contributed by atoms with Crippen LogP contribution in [0, 0.1) is 13.8 Å². The van der Waals surface area contributed by atoms with Crippen molar-refractivity contribution in [2.75, 3.05) is 6.61 Å². The van der Waals surface area contributed by atoms with Gasteiger partial charge in [-0.15, -0.1) is 0 Å². The predicted octanol–water partition coefficient (Wildman–Crippen LogP) is 3.00. The third-order valence-electron chi connectivity index (χ3n) is 3.13. The minimum Gasteiger partial charge on any atom is -0.484 e. The third-order valence-corrected chi connectivity index (χ3v) is 3.13. The van der Waals surface area contributed by atoms with Crippen LogP contribution in [0.1, 0.15) is 16.7 Å². The molecule has 3 heteroatoms. The topological polar surface area (TPSA) is 38.3 Å². The summed E-state index contributed by atoms with van der Waals surface area (Å²) in [7, 11) is 0. The first-order valence-electron chi connectivity index (χ1n) is 6.66. The number of benzene rings is 2. The molecule has 0 aliphatic heterocycles. The van der Waals surface area contributed by atoms with Crippen LogP contribution >= 0.6 is 0 Å². The summed E-state index contributed by atoms with van der Waals surface area (Å²) in [4.78, 5) is 11.7. The number of amides is 1. The Morgan fingerprint density at radius 1 is 1.05 bits per heavy atom. The van der Waals surface area contributed by atoms with Crippen molar-refractivity contribution < 1.29 is 9.53 Å². The molecule has 0 saturated carbocycles. The predicted molar refractivity (Wildman–Crippen MR) is 79.7 cm³/mol. The number of ether oxygens (including phenoxy) is 1. The Balaban J connectivity index is 1.78. The van der Waals surface area contributed by atoms with E-state index in [1.54, 1.807) is 0 Å². The molecule has 3 nitrogen and oxygen atoms in total. The fourth-order valence-electron chi connectivity index (χ4n) is 1.84. The molecule has 0 fully saturated rings. The molecule has 104 valence electrons. The SMILES string of the molecule is Cc1ccc(OCC(=O)NCc2ccccc2C)cc1. The fraction of sp³-hybridized carbons (Fsp3) is 0.235. The van der Waals surface area contributed by atoms with Crippen LogP contribution in [0.5, 0.6) is 5.75 Å². The van der Waals surface area contributed by atoms with E-state index in [0.29, 0.717) is 12.3 Å². The van der Waals surface area contributed by atoms with Gasteiger partial charge >= 0.3 is 0 Å². The second-order valence-electron chi connectivity index (χ2n) is 4.80. The average molecular weight is 269 g/mol. The van der Waals surface area contributed by atoms with Crippen molar-refractivity contribution in [3.8, 4) is 5.75 Å². The number of nitrogens with one attached hydrogen (secondary N) is 1. The molecule has 0 radical (unpaired) electrons. The molecule has 0 spiro atoms. The van der Waals surface area contributed by atoms with Crippen LogP contribution in [0.4, 0.5) is 0 Å². The van der Waals surface area contributed by atoms with Crippen LogP contribution < -0.4 is 10.1 Å². The molecule has 0 aliphatic rings. The second-order valence-corrected chi connectivity index (χ2v) is 4.80. The Kier molecular flexibility index (Phi) is 4.77. The smallest absolute Gasteiger partial charge is 0.258 e. The van der Waals surface area contributed by atoms with E-state index in [9.17, 15) is 4.79 Å². The van der Waals surface area contributed by atoms with Crippen LogP contribution in [0.2, 0.25) is 0 Å². The van der Waals surface area contributed by atoms with Gasteiger partial charge in [0.25, 0.3) is 5.91 Å². The normalized spacial score (nSPS) is 10.1. The van der Waals surface area contributed by atoms with Gasteiger partial charge in [0.1, 0.15) is 5.75 Å². The lowest BCUT2D eigenvalue weighted by molar-refractivity contribution is -0.123. The monoisotopic (exact) mass is 269 g/mol. The number of carbonyl (C=O) groups excluding carboxylic acids is 1. The van der Waals surface area contributed by atoms with Crippen LogP contribution in [0.3, 0.4) is 0 Å². The molecule has 0 aromatic heterocycles. The highest BCUT2D eigenvalue weighted by atomic mass is 16.5. The summed E-state index contributed by atoms with van der Waals surface area (Å²) >= 11 is 0. The Morgan fingerprint density at radius 2 is 1.75 bits per heavy atom. The molecule has 2 rings (SSSR count). The molecular formula is C17H19NO2. The van der Waals surface area contributed by atoms with E-state index < -0.39 is 0 Å². The number of hydrogen-bond acceptors (Lipinski definition) is 2. The minimum absolute atomic E-state index is 0.0366. The molecule has 0 heterocycles. The van der Waals surface area contributed by atoms with Gasteiger partial charge in [-0.1, -0.05) is 42.0 Å². The van der Waals surface area contributed by atoms with Gasteiger partial charge in [0.05, 0.1) is 0 Å². The largest absolute Gasteiger partial charge is 0.484 e. The lowest BCUT2D eigenvalue weighted by Crippen LogP contribution is -2.28. The molecule has 0 aliphatic carbocycles. The second kappa shape index (κ2) is 6.75. The molecule has 0 saturated heterocycles. The van der Waals surface area contributed by atoms with Gasteiger partial charge in [-0.25, -0.2) is 0 Å². The van der Waals surface area contributed by atoms with Crippen molar-refractivity contribution in [2.24, 2.45) is 0 Å². The molecule has 20 heavy (non-hydrogen) atoms. The summed E-state index contributed by atoms with van der Waals surface area (Å²) in [6, 6.07) is 15.6. The lowest BCUT2D eigenvalue weighted by Gasteiger charge is -2.09. The molecule has 0 bridgehead atoms. The van der Waals surface area contributed by atoms with E-state index in [4.69, 9.17) is 4.74 Å².